The van der Waals surface area contributed by atoms with E-state index in [-0.39, 0.29) is 12.1 Å². The van der Waals surface area contributed by atoms with Gasteiger partial charge in [-0.3, -0.25) is 0 Å². The fraction of sp³-hybridized carbons (Fsp3) is 0.133. The Balaban J connectivity index is 1.54. The number of rotatable bonds is 3. The first-order valence-electron chi connectivity index (χ1n) is 12.2. The Kier molecular flexibility index (Phi) is 5.81. The molecular formula is C30H26ClN5O. The first-order chi connectivity index (χ1) is 18.0. The van der Waals surface area contributed by atoms with Crippen molar-refractivity contribution in [2.75, 3.05) is 5.32 Å². The number of hydrogen-bond acceptors (Lipinski definition) is 2. The van der Waals surface area contributed by atoms with Crippen LogP contribution in [0.15, 0.2) is 97.2 Å². The number of halogens is 1. The Bertz CT molecular complexity index is 1600. The number of benzene rings is 3. The maximum absolute atomic E-state index is 14.0. The monoisotopic (exact) mass is 507 g/mol. The van der Waals surface area contributed by atoms with Gasteiger partial charge < -0.3 is 14.8 Å². The highest BCUT2D eigenvalue weighted by Crippen LogP contribution is 2.39. The predicted octanol–water partition coefficient (Wildman–Crippen LogP) is 7.07. The summed E-state index contributed by atoms with van der Waals surface area (Å²) in [4.78, 5) is 15.8. The van der Waals surface area contributed by atoms with Gasteiger partial charge in [-0.1, -0.05) is 54.1 Å². The largest absolute Gasteiger partial charge is 0.322 e. The van der Waals surface area contributed by atoms with E-state index in [1.165, 1.54) is 0 Å². The summed E-state index contributed by atoms with van der Waals surface area (Å²) < 4.78 is 4.11. The smallest absolute Gasteiger partial charge is 0.308 e. The number of nitrogens with zero attached hydrogens (tertiary/aromatic N) is 4. The van der Waals surface area contributed by atoms with Gasteiger partial charge in [0.25, 0.3) is 0 Å². The minimum atomic E-state index is -0.366. The fourth-order valence-electron chi connectivity index (χ4n) is 5.09. The highest BCUT2D eigenvalue weighted by atomic mass is 35.5. The van der Waals surface area contributed by atoms with Crippen molar-refractivity contribution in [2.45, 2.75) is 26.4 Å². The van der Waals surface area contributed by atoms with E-state index in [4.69, 9.17) is 16.7 Å². The second-order valence-electron chi connectivity index (χ2n) is 9.32. The van der Waals surface area contributed by atoms with Crippen LogP contribution < -0.4 is 5.32 Å². The second-order valence-corrected chi connectivity index (χ2v) is 9.76. The SMILES string of the molecule is Cc1cccc(NC(=O)N2Cc3c(C)nn(-c4ccccc4)c3-n3cccc3C2c2cccc(Cl)c2)c1. The average Bonchev–Trinajstić information content (AvgIpc) is 3.45. The summed E-state index contributed by atoms with van der Waals surface area (Å²) in [5.41, 5.74) is 6.56. The standard InChI is InChI=1S/C30H26ClN5O/c1-20-9-6-12-24(17-20)32-30(37)35-19-26-21(2)33-36(25-13-4-3-5-14-25)29(26)34-16-8-15-27(34)28(35)22-10-7-11-23(31)18-22/h3-18,28H,19H2,1-2H3,(H,32,37). The number of aromatic nitrogens is 3. The van der Waals surface area contributed by atoms with Crippen LogP contribution in [0.25, 0.3) is 11.5 Å². The molecular weight excluding hydrogens is 482 g/mol. The molecule has 1 atom stereocenters. The Morgan fingerprint density at radius 1 is 0.946 bits per heavy atom. The van der Waals surface area contributed by atoms with Gasteiger partial charge in [-0.05, 0) is 73.5 Å². The van der Waals surface area contributed by atoms with Crippen molar-refractivity contribution in [3.8, 4) is 11.5 Å². The second kappa shape index (κ2) is 9.30. The van der Waals surface area contributed by atoms with Crippen molar-refractivity contribution >= 4 is 23.3 Å². The molecule has 0 spiro atoms. The van der Waals surface area contributed by atoms with Gasteiger partial charge >= 0.3 is 6.03 Å². The topological polar surface area (TPSA) is 55.1 Å². The zero-order chi connectivity index (χ0) is 25.5. The highest BCUT2D eigenvalue weighted by molar-refractivity contribution is 6.30. The third-order valence-electron chi connectivity index (χ3n) is 6.78. The summed E-state index contributed by atoms with van der Waals surface area (Å²) in [6.07, 6.45) is 2.04. The third-order valence-corrected chi connectivity index (χ3v) is 7.02. The van der Waals surface area contributed by atoms with E-state index in [9.17, 15) is 4.79 Å². The van der Waals surface area contributed by atoms with Gasteiger partial charge in [-0.25, -0.2) is 9.48 Å². The van der Waals surface area contributed by atoms with Crippen molar-refractivity contribution in [1.82, 2.24) is 19.2 Å². The van der Waals surface area contributed by atoms with Crippen molar-refractivity contribution in [1.29, 1.82) is 0 Å². The van der Waals surface area contributed by atoms with Crippen LogP contribution in [-0.2, 0) is 6.54 Å². The minimum absolute atomic E-state index is 0.192. The lowest BCUT2D eigenvalue weighted by atomic mass is 10.0. The van der Waals surface area contributed by atoms with Crippen molar-refractivity contribution < 1.29 is 4.79 Å². The van der Waals surface area contributed by atoms with Gasteiger partial charge in [0.15, 0.2) is 0 Å². The first kappa shape index (κ1) is 23.1. The zero-order valence-corrected chi connectivity index (χ0v) is 21.4. The number of fused-ring (bicyclic) bond motifs is 3. The van der Waals surface area contributed by atoms with Gasteiger partial charge in [-0.15, -0.1) is 0 Å². The zero-order valence-electron chi connectivity index (χ0n) is 20.6. The molecule has 7 heteroatoms. The lowest BCUT2D eigenvalue weighted by molar-refractivity contribution is 0.194. The number of anilines is 1. The number of nitrogens with one attached hydrogen (secondary N) is 1. The highest BCUT2D eigenvalue weighted by Gasteiger charge is 2.36. The Morgan fingerprint density at radius 2 is 1.76 bits per heavy atom. The van der Waals surface area contributed by atoms with Crippen LogP contribution in [0.1, 0.15) is 34.1 Å². The molecule has 6 rings (SSSR count). The molecule has 0 radical (unpaired) electrons. The van der Waals surface area contributed by atoms with Gasteiger partial charge in [0.2, 0.25) is 0 Å². The number of aryl methyl sites for hydroxylation is 2. The molecule has 1 aliphatic rings. The van der Waals surface area contributed by atoms with Gasteiger partial charge in [0.05, 0.1) is 29.7 Å². The molecule has 3 aromatic carbocycles. The molecule has 0 saturated carbocycles. The number of hydrogen-bond donors (Lipinski definition) is 1. The van der Waals surface area contributed by atoms with Crippen LogP contribution in [0.5, 0.6) is 0 Å². The normalized spacial score (nSPS) is 14.6. The van der Waals surface area contributed by atoms with Gasteiger partial charge in [-0.2, -0.15) is 5.10 Å². The van der Waals surface area contributed by atoms with E-state index in [0.29, 0.717) is 11.6 Å². The summed E-state index contributed by atoms with van der Waals surface area (Å²) in [6.45, 7) is 4.39. The summed E-state index contributed by atoms with van der Waals surface area (Å²) >= 11 is 6.44. The van der Waals surface area contributed by atoms with Crippen LogP contribution in [0.3, 0.4) is 0 Å². The minimum Gasteiger partial charge on any atom is -0.308 e. The summed E-state index contributed by atoms with van der Waals surface area (Å²) in [5.74, 6) is 0.932. The van der Waals surface area contributed by atoms with E-state index in [1.54, 1.807) is 0 Å². The molecule has 0 saturated heterocycles. The Morgan fingerprint density at radius 3 is 2.54 bits per heavy atom. The predicted molar refractivity (Wildman–Crippen MR) is 147 cm³/mol. The number of carbonyl (C=O) groups excluding carboxylic acids is 1. The van der Waals surface area contributed by atoms with Crippen LogP contribution in [0, 0.1) is 13.8 Å². The number of para-hydroxylation sites is 1. The van der Waals surface area contributed by atoms with Crippen molar-refractivity contribution in [3.05, 3.63) is 130 Å². The van der Waals surface area contributed by atoms with Gasteiger partial charge in [0, 0.05) is 22.5 Å². The molecule has 6 nitrogen and oxygen atoms in total. The molecule has 2 aromatic heterocycles. The first-order valence-corrected chi connectivity index (χ1v) is 12.6. The van der Waals surface area contributed by atoms with E-state index < -0.39 is 0 Å². The molecule has 0 bridgehead atoms. The summed E-state index contributed by atoms with van der Waals surface area (Å²) in [5, 5.41) is 8.65. The van der Waals surface area contributed by atoms with Crippen LogP contribution in [-0.4, -0.2) is 25.3 Å². The van der Waals surface area contributed by atoms with E-state index >= 15 is 0 Å². The third kappa shape index (κ3) is 4.19. The number of carbonyl (C=O) groups is 1. The maximum Gasteiger partial charge on any atom is 0.322 e. The lowest BCUT2D eigenvalue weighted by Gasteiger charge is -2.31. The van der Waals surface area contributed by atoms with Crippen LogP contribution >= 0.6 is 11.6 Å². The molecule has 1 aliphatic heterocycles. The van der Waals surface area contributed by atoms with Crippen molar-refractivity contribution in [3.63, 3.8) is 0 Å². The molecule has 37 heavy (non-hydrogen) atoms. The van der Waals surface area contributed by atoms with Crippen LogP contribution in [0.4, 0.5) is 10.5 Å². The maximum atomic E-state index is 14.0. The quantitative estimate of drug-likeness (QED) is 0.284. The van der Waals surface area contributed by atoms with Gasteiger partial charge in [0.1, 0.15) is 5.82 Å². The van der Waals surface area contributed by atoms with E-state index in [2.05, 4.69) is 16.0 Å². The van der Waals surface area contributed by atoms with E-state index in [1.807, 2.05) is 115 Å². The molecule has 0 fully saturated rings. The Hall–Kier alpha value is -4.29. The number of amides is 2. The molecule has 1 unspecified atom stereocenters. The molecule has 0 aliphatic carbocycles. The Labute approximate surface area is 220 Å². The van der Waals surface area contributed by atoms with E-state index in [0.717, 1.165) is 45.3 Å². The fourth-order valence-corrected chi connectivity index (χ4v) is 5.29. The lowest BCUT2D eigenvalue weighted by Crippen LogP contribution is -2.38. The summed E-state index contributed by atoms with van der Waals surface area (Å²) in [6, 6.07) is 29.2. The molecule has 184 valence electrons. The molecule has 1 N–H and O–H groups in total. The number of urea groups is 1. The van der Waals surface area contributed by atoms with Crippen molar-refractivity contribution in [2.24, 2.45) is 0 Å². The van der Waals surface area contributed by atoms with Crippen LogP contribution in [0.2, 0.25) is 5.02 Å². The molecule has 5 aromatic rings. The summed E-state index contributed by atoms with van der Waals surface area (Å²) in [7, 11) is 0. The molecule has 3 heterocycles. The average molecular weight is 508 g/mol. The molecule has 2 amide bonds.